The molecule has 0 aromatic heterocycles. The molecule has 0 spiro atoms. The number of benzene rings is 1. The molecule has 0 bridgehead atoms. The number of carbonyl (C=O) groups excluding carboxylic acids is 1. The van der Waals surface area contributed by atoms with Crippen LogP contribution in [0.25, 0.3) is 0 Å². The Balaban J connectivity index is 1.84. The predicted octanol–water partition coefficient (Wildman–Crippen LogP) is 1.01. The number of amides is 1. The maximum absolute atomic E-state index is 12.3. The van der Waals surface area contributed by atoms with Crippen LogP contribution in [0.3, 0.4) is 0 Å². The minimum absolute atomic E-state index is 0.0170. The second-order valence-electron chi connectivity index (χ2n) is 6.23. The third-order valence-electron chi connectivity index (χ3n) is 4.61. The number of sulfonamides is 1. The first kappa shape index (κ1) is 21.1. The lowest BCUT2D eigenvalue weighted by Gasteiger charge is -2.33. The van der Waals surface area contributed by atoms with Gasteiger partial charge < -0.3 is 15.1 Å². The highest BCUT2D eigenvalue weighted by molar-refractivity contribution is 7.89. The van der Waals surface area contributed by atoms with Gasteiger partial charge in [-0.05, 0) is 44.8 Å². The second-order valence-corrected chi connectivity index (χ2v) is 8.53. The van der Waals surface area contributed by atoms with Crippen LogP contribution in [-0.2, 0) is 10.0 Å². The van der Waals surface area contributed by atoms with Crippen molar-refractivity contribution in [3.63, 3.8) is 0 Å². The van der Waals surface area contributed by atoms with Gasteiger partial charge in [0.2, 0.25) is 10.0 Å². The van der Waals surface area contributed by atoms with Crippen LogP contribution in [0.15, 0.2) is 23.1 Å². The summed E-state index contributed by atoms with van der Waals surface area (Å²) in [4.78, 5) is 17.2. The van der Waals surface area contributed by atoms with Crippen molar-refractivity contribution >= 4 is 27.5 Å². The normalized spacial score (nSPS) is 16.6. The van der Waals surface area contributed by atoms with Gasteiger partial charge in [0.25, 0.3) is 5.91 Å². The van der Waals surface area contributed by atoms with Gasteiger partial charge in [0.1, 0.15) is 0 Å². The molecule has 1 aromatic carbocycles. The third kappa shape index (κ3) is 5.65. The van der Waals surface area contributed by atoms with E-state index in [1.807, 2.05) is 0 Å². The molecule has 7 nitrogen and oxygen atoms in total. The summed E-state index contributed by atoms with van der Waals surface area (Å²) in [6.07, 6.45) is 0.837. The number of hydrogen-bond acceptors (Lipinski definition) is 5. The van der Waals surface area contributed by atoms with Crippen LogP contribution >= 0.6 is 11.6 Å². The van der Waals surface area contributed by atoms with Gasteiger partial charge in [0, 0.05) is 32.7 Å². The van der Waals surface area contributed by atoms with Crippen LogP contribution in [0.1, 0.15) is 23.7 Å². The topological polar surface area (TPSA) is 81.8 Å². The Morgan fingerprint density at radius 2 is 1.85 bits per heavy atom. The summed E-state index contributed by atoms with van der Waals surface area (Å²) in [5, 5.41) is 3.05. The van der Waals surface area contributed by atoms with Crippen LogP contribution in [0.4, 0.5) is 0 Å². The minimum Gasteiger partial charge on any atom is -0.352 e. The number of nitrogens with zero attached hydrogens (tertiary/aromatic N) is 2. The van der Waals surface area contributed by atoms with E-state index in [0.29, 0.717) is 6.54 Å². The number of piperazine rings is 1. The van der Waals surface area contributed by atoms with E-state index in [1.165, 1.54) is 25.2 Å². The largest absolute Gasteiger partial charge is 0.352 e. The van der Waals surface area contributed by atoms with E-state index in [4.69, 9.17) is 11.6 Å². The predicted molar refractivity (Wildman–Crippen MR) is 103 cm³/mol. The highest BCUT2D eigenvalue weighted by Crippen LogP contribution is 2.20. The van der Waals surface area contributed by atoms with E-state index in [1.54, 1.807) is 0 Å². The summed E-state index contributed by atoms with van der Waals surface area (Å²) in [7, 11) is -2.29. The molecule has 1 aliphatic heterocycles. The molecule has 1 amide bonds. The molecule has 1 fully saturated rings. The lowest BCUT2D eigenvalue weighted by atomic mass is 10.2. The molecular formula is C17H27ClN4O3S. The van der Waals surface area contributed by atoms with Crippen molar-refractivity contribution in [1.82, 2.24) is 19.8 Å². The van der Waals surface area contributed by atoms with Crippen LogP contribution in [0.5, 0.6) is 0 Å². The zero-order valence-corrected chi connectivity index (χ0v) is 16.9. The molecule has 0 atom stereocenters. The molecule has 1 aromatic rings. The van der Waals surface area contributed by atoms with Gasteiger partial charge in [-0.15, -0.1) is 0 Å². The number of likely N-dealkylation sites (N-methyl/N-ethyl adjacent to an activating group) is 1. The third-order valence-corrected chi connectivity index (χ3v) is 6.35. The fourth-order valence-electron chi connectivity index (χ4n) is 2.89. The molecular weight excluding hydrogens is 376 g/mol. The van der Waals surface area contributed by atoms with Crippen molar-refractivity contribution in [2.24, 2.45) is 0 Å². The van der Waals surface area contributed by atoms with E-state index in [0.717, 1.165) is 45.7 Å². The maximum Gasteiger partial charge on any atom is 0.252 e. The Bertz CT molecular complexity index is 719. The number of hydrogen-bond donors (Lipinski definition) is 2. The van der Waals surface area contributed by atoms with Gasteiger partial charge in [-0.2, -0.15) is 0 Å². The molecule has 1 heterocycles. The minimum atomic E-state index is -3.62. The molecule has 9 heteroatoms. The molecule has 146 valence electrons. The summed E-state index contributed by atoms with van der Waals surface area (Å²) in [6, 6.07) is 4.10. The van der Waals surface area contributed by atoms with Crippen molar-refractivity contribution in [2.75, 3.05) is 52.9 Å². The zero-order chi connectivity index (χ0) is 19.2. The quantitative estimate of drug-likeness (QED) is 0.634. The highest BCUT2D eigenvalue weighted by Gasteiger charge is 2.18. The second kappa shape index (κ2) is 9.66. The summed E-state index contributed by atoms with van der Waals surface area (Å²) < 4.78 is 26.0. The highest BCUT2D eigenvalue weighted by atomic mass is 35.5. The van der Waals surface area contributed by atoms with E-state index >= 15 is 0 Å². The Labute approximate surface area is 160 Å². The number of halogens is 1. The van der Waals surface area contributed by atoms with E-state index < -0.39 is 10.0 Å². The lowest BCUT2D eigenvalue weighted by molar-refractivity contribution is 0.0948. The Kier molecular flexibility index (Phi) is 7.85. The average molecular weight is 403 g/mol. The molecule has 2 N–H and O–H groups in total. The number of carbonyl (C=O) groups is 1. The lowest BCUT2D eigenvalue weighted by Crippen LogP contribution is -2.46. The molecule has 1 aliphatic rings. The summed E-state index contributed by atoms with van der Waals surface area (Å²) in [5.41, 5.74) is 0.166. The van der Waals surface area contributed by atoms with E-state index in [-0.39, 0.29) is 21.4 Å². The summed E-state index contributed by atoms with van der Waals surface area (Å²) in [6.45, 7) is 9.00. The van der Waals surface area contributed by atoms with Crippen LogP contribution in [-0.4, -0.2) is 77.0 Å². The smallest absolute Gasteiger partial charge is 0.252 e. The van der Waals surface area contributed by atoms with Gasteiger partial charge in [0.15, 0.2) is 0 Å². The monoisotopic (exact) mass is 402 g/mol. The first-order chi connectivity index (χ1) is 12.4. The van der Waals surface area contributed by atoms with E-state index in [9.17, 15) is 13.2 Å². The van der Waals surface area contributed by atoms with E-state index in [2.05, 4.69) is 26.8 Å². The summed E-state index contributed by atoms with van der Waals surface area (Å²) >= 11 is 6.06. The van der Waals surface area contributed by atoms with Crippen molar-refractivity contribution in [1.29, 1.82) is 0 Å². The zero-order valence-electron chi connectivity index (χ0n) is 15.3. The molecule has 0 aliphatic carbocycles. The fraction of sp³-hybridized carbons (Fsp3) is 0.588. The number of nitrogens with one attached hydrogen (secondary N) is 2. The standard InChI is InChI=1S/C17H27ClN4O3S/c1-3-21-9-11-22(12-10-21)8-4-7-20-17(23)15-13-14(5-6-16(15)18)26(24,25)19-2/h5-6,13,19H,3-4,7-12H2,1-2H3,(H,20,23). The molecule has 26 heavy (non-hydrogen) atoms. The van der Waals surface area contributed by atoms with Crippen molar-refractivity contribution < 1.29 is 13.2 Å². The van der Waals surface area contributed by atoms with Crippen LogP contribution < -0.4 is 10.0 Å². The van der Waals surface area contributed by atoms with Crippen molar-refractivity contribution in [3.05, 3.63) is 28.8 Å². The van der Waals surface area contributed by atoms with Gasteiger partial charge in [-0.3, -0.25) is 4.79 Å². The van der Waals surface area contributed by atoms with Crippen molar-refractivity contribution in [3.8, 4) is 0 Å². The van der Waals surface area contributed by atoms with Gasteiger partial charge in [-0.1, -0.05) is 18.5 Å². The average Bonchev–Trinajstić information content (AvgIpc) is 2.65. The first-order valence-corrected chi connectivity index (χ1v) is 10.7. The molecule has 2 rings (SSSR count). The summed E-state index contributed by atoms with van der Waals surface area (Å²) in [5.74, 6) is -0.362. The van der Waals surface area contributed by atoms with Crippen LogP contribution in [0, 0.1) is 0 Å². The van der Waals surface area contributed by atoms with Gasteiger partial charge in [-0.25, -0.2) is 13.1 Å². The molecule has 0 saturated carbocycles. The van der Waals surface area contributed by atoms with Crippen molar-refractivity contribution in [2.45, 2.75) is 18.2 Å². The Morgan fingerprint density at radius 3 is 2.46 bits per heavy atom. The molecule has 0 radical (unpaired) electrons. The maximum atomic E-state index is 12.3. The first-order valence-electron chi connectivity index (χ1n) is 8.83. The fourth-order valence-corrected chi connectivity index (χ4v) is 3.85. The Morgan fingerprint density at radius 1 is 1.19 bits per heavy atom. The molecule has 0 unspecified atom stereocenters. The van der Waals surface area contributed by atoms with Gasteiger partial charge >= 0.3 is 0 Å². The number of rotatable bonds is 8. The molecule has 1 saturated heterocycles. The van der Waals surface area contributed by atoms with Gasteiger partial charge in [0.05, 0.1) is 15.5 Å². The SMILES string of the molecule is CCN1CCN(CCCNC(=O)c2cc(S(=O)(=O)NC)ccc2Cl)CC1. The Hall–Kier alpha value is -1.19. The van der Waals surface area contributed by atoms with Crippen LogP contribution in [0.2, 0.25) is 5.02 Å².